The van der Waals surface area contributed by atoms with Gasteiger partial charge in [-0.1, -0.05) is 32.1 Å². The Labute approximate surface area is 128 Å². The van der Waals surface area contributed by atoms with Gasteiger partial charge in [-0.05, 0) is 13.8 Å². The van der Waals surface area contributed by atoms with Crippen molar-refractivity contribution in [2.75, 3.05) is 11.9 Å². The minimum atomic E-state index is -0.815. The second-order valence-corrected chi connectivity index (χ2v) is 7.65. The molecule has 2 atom stereocenters. The molecule has 0 unspecified atom stereocenters. The van der Waals surface area contributed by atoms with Gasteiger partial charge in [-0.3, -0.25) is 4.79 Å². The van der Waals surface area contributed by atoms with E-state index in [2.05, 4.69) is 10.3 Å². The fourth-order valence-corrected chi connectivity index (χ4v) is 2.67. The number of nitrogens with zero attached hydrogens (tertiary/aromatic N) is 1. The van der Waals surface area contributed by atoms with E-state index in [-0.39, 0.29) is 5.91 Å². The van der Waals surface area contributed by atoms with Crippen LogP contribution in [0.1, 0.15) is 45.6 Å². The highest BCUT2D eigenvalue weighted by Crippen LogP contribution is 2.34. The zero-order valence-electron chi connectivity index (χ0n) is 13.0. The van der Waals surface area contributed by atoms with Crippen LogP contribution in [0.5, 0.6) is 0 Å². The van der Waals surface area contributed by atoms with Crippen LogP contribution in [0.2, 0.25) is 0 Å². The molecule has 0 radical (unpaired) electrons. The van der Waals surface area contributed by atoms with Crippen LogP contribution in [0.25, 0.3) is 0 Å². The Kier molecular flexibility index (Phi) is 4.39. The normalized spacial score (nSPS) is 23.0. The third kappa shape index (κ3) is 4.00. The molecule has 1 saturated heterocycles. The highest BCUT2D eigenvalue weighted by atomic mass is 32.1. The van der Waals surface area contributed by atoms with Gasteiger partial charge in [0.25, 0.3) is 0 Å². The lowest BCUT2D eigenvalue weighted by Gasteiger charge is -2.19. The lowest BCUT2D eigenvalue weighted by Crippen LogP contribution is -2.27. The third-order valence-corrected chi connectivity index (χ3v) is 4.08. The van der Waals surface area contributed by atoms with Crippen molar-refractivity contribution in [3.63, 3.8) is 0 Å². The molecule has 2 rings (SSSR count). The number of aromatic nitrogens is 1. The molecule has 2 N–H and O–H groups in total. The summed E-state index contributed by atoms with van der Waals surface area (Å²) in [4.78, 5) is 16.7. The monoisotopic (exact) mass is 314 g/mol. The van der Waals surface area contributed by atoms with E-state index in [0.29, 0.717) is 16.6 Å². The fraction of sp³-hybridized carbons (Fsp3) is 0.714. The zero-order valence-corrected chi connectivity index (χ0v) is 13.8. The van der Waals surface area contributed by atoms with Crippen molar-refractivity contribution in [3.8, 4) is 0 Å². The Hall–Kier alpha value is -1.02. The maximum atomic E-state index is 11.9. The van der Waals surface area contributed by atoms with Crippen LogP contribution in [-0.4, -0.2) is 34.5 Å². The topological polar surface area (TPSA) is 80.7 Å². The van der Waals surface area contributed by atoms with Crippen LogP contribution in [0, 0.1) is 5.41 Å². The minimum absolute atomic E-state index is 0.112. The van der Waals surface area contributed by atoms with E-state index in [1.165, 1.54) is 11.3 Å². The van der Waals surface area contributed by atoms with Gasteiger partial charge in [0.1, 0.15) is 12.2 Å². The number of nitrogens with one attached hydrogen (secondary N) is 1. The van der Waals surface area contributed by atoms with Crippen LogP contribution in [0.3, 0.4) is 0 Å². The highest BCUT2D eigenvalue weighted by molar-refractivity contribution is 7.15. The van der Waals surface area contributed by atoms with E-state index in [0.717, 1.165) is 0 Å². The van der Waals surface area contributed by atoms with E-state index < -0.39 is 23.4 Å². The van der Waals surface area contributed by atoms with Crippen molar-refractivity contribution >= 4 is 22.4 Å². The molecule has 7 heteroatoms. The number of ether oxygens (including phenoxy) is 2. The Balaban J connectivity index is 2.01. The molecule has 0 spiro atoms. The largest absolute Gasteiger partial charge is 0.385 e. The molecule has 0 bridgehead atoms. The molecule has 2 heterocycles. The molecular weight excluding hydrogens is 292 g/mol. The summed E-state index contributed by atoms with van der Waals surface area (Å²) in [6.07, 6.45) is 0.318. The van der Waals surface area contributed by atoms with Gasteiger partial charge in [-0.15, -0.1) is 0 Å². The van der Waals surface area contributed by atoms with Crippen molar-refractivity contribution in [1.82, 2.24) is 4.98 Å². The number of aliphatic hydroxyl groups is 1. The van der Waals surface area contributed by atoms with Gasteiger partial charge in [-0.25, -0.2) is 4.98 Å². The second kappa shape index (κ2) is 5.64. The van der Waals surface area contributed by atoms with Crippen LogP contribution < -0.4 is 5.32 Å². The van der Waals surface area contributed by atoms with Crippen LogP contribution in [0.15, 0.2) is 6.20 Å². The zero-order chi connectivity index (χ0) is 15.8. The van der Waals surface area contributed by atoms with Crippen molar-refractivity contribution in [2.24, 2.45) is 5.41 Å². The molecule has 1 aliphatic rings. The molecule has 1 amide bonds. The molecular formula is C14H22N2O4S. The molecule has 1 aliphatic heterocycles. The Morgan fingerprint density at radius 2 is 2.24 bits per heavy atom. The quantitative estimate of drug-likeness (QED) is 0.895. The summed E-state index contributed by atoms with van der Waals surface area (Å²) in [5.41, 5.74) is -0.489. The van der Waals surface area contributed by atoms with Gasteiger partial charge in [0.2, 0.25) is 5.91 Å². The maximum absolute atomic E-state index is 11.9. The second-order valence-electron chi connectivity index (χ2n) is 6.58. The summed E-state index contributed by atoms with van der Waals surface area (Å²) in [5, 5.41) is 13.5. The summed E-state index contributed by atoms with van der Waals surface area (Å²) < 4.78 is 11.1. The number of amides is 1. The summed E-state index contributed by atoms with van der Waals surface area (Å²) >= 11 is 1.24. The first-order valence-corrected chi connectivity index (χ1v) is 7.67. The van der Waals surface area contributed by atoms with Gasteiger partial charge in [-0.2, -0.15) is 0 Å². The molecule has 21 heavy (non-hydrogen) atoms. The fourth-order valence-electron chi connectivity index (χ4n) is 1.82. The number of carbonyl (C=O) groups excluding carboxylic acids is 1. The molecule has 0 aromatic carbocycles. The molecule has 118 valence electrons. The number of hydrogen-bond acceptors (Lipinski definition) is 6. The molecule has 1 fully saturated rings. The van der Waals surface area contributed by atoms with Crippen LogP contribution >= 0.6 is 11.3 Å². The Morgan fingerprint density at radius 1 is 1.57 bits per heavy atom. The number of carbonyl (C=O) groups is 1. The van der Waals surface area contributed by atoms with E-state index in [9.17, 15) is 9.90 Å². The molecule has 0 aliphatic carbocycles. The standard InChI is InChI=1S/C14H22N2O4S/c1-13(2,3)11(18)16-12-15-6-9(21-12)10(17)8-7-19-14(4,5)20-8/h6,8,10,17H,7H2,1-5H3,(H,15,16,18)/t8-,10+/m1/s1. The smallest absolute Gasteiger partial charge is 0.231 e. The predicted molar refractivity (Wildman–Crippen MR) is 80.1 cm³/mol. The van der Waals surface area contributed by atoms with Gasteiger partial charge in [0.15, 0.2) is 10.9 Å². The maximum Gasteiger partial charge on any atom is 0.231 e. The first kappa shape index (κ1) is 16.4. The summed E-state index contributed by atoms with van der Waals surface area (Å²) in [6.45, 7) is 9.44. The van der Waals surface area contributed by atoms with E-state index in [1.807, 2.05) is 20.8 Å². The molecule has 0 saturated carbocycles. The van der Waals surface area contributed by atoms with Crippen molar-refractivity contribution in [2.45, 2.75) is 52.6 Å². The van der Waals surface area contributed by atoms with E-state index >= 15 is 0 Å². The predicted octanol–water partition coefficient (Wildman–Crippen LogP) is 2.31. The molecule has 1 aromatic rings. The van der Waals surface area contributed by atoms with Gasteiger partial charge in [0, 0.05) is 11.6 Å². The highest BCUT2D eigenvalue weighted by Gasteiger charge is 2.38. The van der Waals surface area contributed by atoms with Crippen LogP contribution in [-0.2, 0) is 14.3 Å². The first-order chi connectivity index (χ1) is 9.58. The lowest BCUT2D eigenvalue weighted by atomic mass is 9.96. The average Bonchev–Trinajstić information content (AvgIpc) is 2.94. The number of anilines is 1. The number of hydrogen-bond donors (Lipinski definition) is 2. The third-order valence-electron chi connectivity index (χ3n) is 3.10. The van der Waals surface area contributed by atoms with E-state index in [4.69, 9.17) is 9.47 Å². The Bertz CT molecular complexity index is 521. The van der Waals surface area contributed by atoms with Crippen molar-refractivity contribution in [3.05, 3.63) is 11.1 Å². The molecule has 1 aromatic heterocycles. The summed E-state index contributed by atoms with van der Waals surface area (Å²) in [6, 6.07) is 0. The van der Waals surface area contributed by atoms with Crippen LogP contribution in [0.4, 0.5) is 5.13 Å². The van der Waals surface area contributed by atoms with E-state index in [1.54, 1.807) is 20.0 Å². The SMILES string of the molecule is CC1(C)OC[C@H]([C@H](O)c2cnc(NC(=O)C(C)(C)C)s2)O1. The first-order valence-electron chi connectivity index (χ1n) is 6.85. The molecule has 6 nitrogen and oxygen atoms in total. The average molecular weight is 314 g/mol. The summed E-state index contributed by atoms with van der Waals surface area (Å²) in [7, 11) is 0. The van der Waals surface area contributed by atoms with Crippen molar-refractivity contribution in [1.29, 1.82) is 0 Å². The van der Waals surface area contributed by atoms with Gasteiger partial charge in [0.05, 0.1) is 11.5 Å². The number of rotatable bonds is 3. The lowest BCUT2D eigenvalue weighted by molar-refractivity contribution is -0.151. The summed E-state index contributed by atoms with van der Waals surface area (Å²) in [5.74, 6) is -0.793. The van der Waals surface area contributed by atoms with Gasteiger partial charge < -0.3 is 19.9 Å². The number of thiazole rings is 1. The minimum Gasteiger partial charge on any atom is -0.385 e. The van der Waals surface area contributed by atoms with Crippen molar-refractivity contribution < 1.29 is 19.4 Å². The number of aliphatic hydroxyl groups excluding tert-OH is 1. The van der Waals surface area contributed by atoms with Gasteiger partial charge >= 0.3 is 0 Å². The Morgan fingerprint density at radius 3 is 2.76 bits per heavy atom.